The van der Waals surface area contributed by atoms with Crippen molar-refractivity contribution in [2.75, 3.05) is 0 Å². The molecule has 6 heavy (non-hydrogen) atoms. The number of hydrogen-bond donors (Lipinski definition) is 0. The van der Waals surface area contributed by atoms with Crippen molar-refractivity contribution in [1.29, 1.82) is 0 Å². The standard InChI is InChI=1S/C5H5.Mn/c1-3-5-4-2;/h1-5H;/q-1;/b5-3-;. The van der Waals surface area contributed by atoms with E-state index >= 15 is 0 Å². The van der Waals surface area contributed by atoms with Gasteiger partial charge in [-0.1, -0.05) is 0 Å². The van der Waals surface area contributed by atoms with Gasteiger partial charge >= 0.3 is 45.3 Å². The van der Waals surface area contributed by atoms with E-state index in [0.29, 0.717) is 0 Å². The molecule has 0 saturated carbocycles. The summed E-state index contributed by atoms with van der Waals surface area (Å²) < 4.78 is 0. The van der Waals surface area contributed by atoms with E-state index in [1.54, 1.807) is 17.1 Å². The van der Waals surface area contributed by atoms with Crippen molar-refractivity contribution in [3.05, 3.63) is 24.8 Å². The third-order valence-corrected chi connectivity index (χ3v) is 0.522. The zero-order valence-corrected chi connectivity index (χ0v) is 4.45. The van der Waals surface area contributed by atoms with Crippen LogP contribution < -0.4 is 0 Å². The quantitative estimate of drug-likeness (QED) is 0.288. The van der Waals surface area contributed by atoms with Crippen LogP contribution in [0.4, 0.5) is 0 Å². The van der Waals surface area contributed by atoms with E-state index in [9.17, 15) is 0 Å². The molecule has 0 saturated heterocycles. The second-order valence-corrected chi connectivity index (χ2v) is 1.10. The number of rotatable bonds is 2. The molecule has 0 aliphatic heterocycles. The fourth-order valence-corrected chi connectivity index (χ4v) is 0.237. The van der Waals surface area contributed by atoms with Crippen LogP contribution in [0.25, 0.3) is 0 Å². The van der Waals surface area contributed by atoms with Crippen LogP contribution in [0.15, 0.2) is 18.2 Å². The molecule has 0 aromatic heterocycles. The van der Waals surface area contributed by atoms with Crippen molar-refractivity contribution in [2.24, 2.45) is 0 Å². The van der Waals surface area contributed by atoms with Crippen LogP contribution in [-0.2, 0) is 15.6 Å². The molecule has 0 bridgehead atoms. The van der Waals surface area contributed by atoms with E-state index in [2.05, 4.69) is 15.6 Å². The normalized spacial score (nSPS) is 8.67. The molecule has 0 fully saturated rings. The first-order valence-corrected chi connectivity index (χ1v) is 2.23. The van der Waals surface area contributed by atoms with Crippen LogP contribution in [0.2, 0.25) is 0 Å². The van der Waals surface area contributed by atoms with Gasteiger partial charge in [-0.2, -0.15) is 0 Å². The second kappa shape index (κ2) is 4.87. The summed E-state index contributed by atoms with van der Waals surface area (Å²) in [5.41, 5.74) is 0. The first kappa shape index (κ1) is 5.87. The molecule has 0 aromatic carbocycles. The van der Waals surface area contributed by atoms with Crippen molar-refractivity contribution in [2.45, 2.75) is 0 Å². The van der Waals surface area contributed by atoms with Gasteiger partial charge in [0.15, 0.2) is 0 Å². The van der Waals surface area contributed by atoms with Crippen molar-refractivity contribution in [1.82, 2.24) is 0 Å². The Bertz CT molecular complexity index is 62.0. The summed E-state index contributed by atoms with van der Waals surface area (Å²) >= 11 is 3.06. The Hall–Kier alpha value is -0.131. The molecule has 0 aliphatic rings. The van der Waals surface area contributed by atoms with Crippen molar-refractivity contribution >= 4 is 4.92 Å². The van der Waals surface area contributed by atoms with Gasteiger partial charge in [0.05, 0.1) is 0 Å². The molecule has 0 nitrogen and oxygen atoms in total. The Morgan fingerprint density at radius 3 is 2.17 bits per heavy atom. The summed E-state index contributed by atoms with van der Waals surface area (Å²) in [6.45, 7) is 4.96. The van der Waals surface area contributed by atoms with Crippen molar-refractivity contribution in [3.8, 4) is 0 Å². The summed E-state index contributed by atoms with van der Waals surface area (Å²) in [6.07, 6.45) is 4.99. The molecule has 0 spiro atoms. The molecule has 0 rings (SSSR count). The third-order valence-electron chi connectivity index (χ3n) is 0.295. The van der Waals surface area contributed by atoms with Gasteiger partial charge in [0.25, 0.3) is 0 Å². The summed E-state index contributed by atoms with van der Waals surface area (Å²) in [5, 5.41) is 0. The van der Waals surface area contributed by atoms with Crippen LogP contribution in [0.3, 0.4) is 0 Å². The van der Waals surface area contributed by atoms with E-state index in [1.165, 1.54) is 6.08 Å². The van der Waals surface area contributed by atoms with Gasteiger partial charge in [-0.3, -0.25) is 0 Å². The number of allylic oxidation sites excluding steroid dienone is 3. The first-order chi connectivity index (χ1) is 2.91. The van der Waals surface area contributed by atoms with Crippen LogP contribution in [-0.4, -0.2) is 4.92 Å². The maximum atomic E-state index is 4.96. The minimum absolute atomic E-state index is 1.47. The van der Waals surface area contributed by atoms with Gasteiger partial charge in [0.1, 0.15) is 0 Å². The molecule has 0 N–H and O–H groups in total. The SMILES string of the molecule is [CH-]=C/C=C\[CH]=[Mn]. The van der Waals surface area contributed by atoms with Gasteiger partial charge < -0.3 is 0 Å². The molecule has 0 aromatic rings. The fourth-order valence-electron chi connectivity index (χ4n) is 0.106. The van der Waals surface area contributed by atoms with E-state index in [1.807, 2.05) is 0 Å². The van der Waals surface area contributed by atoms with Crippen LogP contribution in [0.1, 0.15) is 0 Å². The van der Waals surface area contributed by atoms with Gasteiger partial charge in [-0.25, -0.2) is 0 Å². The van der Waals surface area contributed by atoms with E-state index in [0.717, 1.165) is 0 Å². The molecular formula is C5H5Mn-. The topological polar surface area (TPSA) is 0 Å². The van der Waals surface area contributed by atoms with Gasteiger partial charge in [-0.05, 0) is 0 Å². The predicted molar refractivity (Wildman–Crippen MR) is 24.1 cm³/mol. The molecule has 0 amide bonds. The van der Waals surface area contributed by atoms with Gasteiger partial charge in [-0.15, -0.1) is 0 Å². The zero-order valence-electron chi connectivity index (χ0n) is 3.26. The maximum absolute atomic E-state index is 4.96. The summed E-state index contributed by atoms with van der Waals surface area (Å²) in [7, 11) is 0. The van der Waals surface area contributed by atoms with E-state index in [-0.39, 0.29) is 0 Å². The van der Waals surface area contributed by atoms with Crippen molar-refractivity contribution in [3.63, 3.8) is 0 Å². The minimum atomic E-state index is 1.47. The van der Waals surface area contributed by atoms with Gasteiger partial charge in [0.2, 0.25) is 0 Å². The summed E-state index contributed by atoms with van der Waals surface area (Å²) in [5.74, 6) is 0. The van der Waals surface area contributed by atoms with Crippen molar-refractivity contribution < 1.29 is 15.6 Å². The Morgan fingerprint density at radius 1 is 1.33 bits per heavy atom. The first-order valence-electron chi connectivity index (χ1n) is 1.55. The van der Waals surface area contributed by atoms with Crippen LogP contribution >= 0.6 is 0 Å². The Kier molecular flexibility index (Phi) is 4.76. The third kappa shape index (κ3) is 3.87. The Labute approximate surface area is 45.9 Å². The number of hydrogen-bond acceptors (Lipinski definition) is 0. The summed E-state index contributed by atoms with van der Waals surface area (Å²) in [4.78, 5) is 1.73. The molecule has 0 radical (unpaired) electrons. The van der Waals surface area contributed by atoms with Gasteiger partial charge in [0, 0.05) is 0 Å². The predicted octanol–water partition coefficient (Wildman–Crippen LogP) is 0.881. The summed E-state index contributed by atoms with van der Waals surface area (Å²) in [6, 6.07) is 0. The fraction of sp³-hybridized carbons (Fsp3) is 0. The average molecular weight is 120 g/mol. The Morgan fingerprint density at radius 2 is 2.00 bits per heavy atom. The molecule has 0 heterocycles. The van der Waals surface area contributed by atoms with E-state index in [4.69, 9.17) is 6.58 Å². The molecule has 0 atom stereocenters. The Balaban J connectivity index is 3.17. The molecule has 0 unspecified atom stereocenters. The van der Waals surface area contributed by atoms with Crippen LogP contribution in [0.5, 0.6) is 0 Å². The molecule has 33 valence electrons. The molecule has 0 aliphatic carbocycles. The molecular weight excluding hydrogens is 115 g/mol. The van der Waals surface area contributed by atoms with Crippen LogP contribution in [0, 0.1) is 6.58 Å². The average Bonchev–Trinajstić information content (AvgIpc) is 1.61. The zero-order chi connectivity index (χ0) is 4.83. The molecule has 1 heteroatoms. The van der Waals surface area contributed by atoms with E-state index < -0.39 is 0 Å². The second-order valence-electron chi connectivity index (χ2n) is 0.703. The monoisotopic (exact) mass is 120 g/mol.